The van der Waals surface area contributed by atoms with Gasteiger partial charge in [-0.05, 0) is 36.4 Å². The van der Waals surface area contributed by atoms with E-state index in [0.29, 0.717) is 27.3 Å². The predicted octanol–water partition coefficient (Wildman–Crippen LogP) is 6.17. The molecule has 0 aliphatic rings. The molecular formula is C28H19NO4S. The predicted molar refractivity (Wildman–Crippen MR) is 130 cm³/mol. The molecule has 0 heterocycles. The minimum atomic E-state index is -0.618. The second-order valence-corrected chi connectivity index (χ2v) is 8.24. The van der Waals surface area contributed by atoms with Gasteiger partial charge in [-0.25, -0.2) is 4.79 Å². The van der Waals surface area contributed by atoms with Crippen LogP contribution in [0, 0.1) is 11.3 Å². The van der Waals surface area contributed by atoms with Crippen LogP contribution in [0.15, 0.2) is 107 Å². The zero-order valence-electron chi connectivity index (χ0n) is 18.2. The highest BCUT2D eigenvalue weighted by atomic mass is 32.2. The summed E-state index contributed by atoms with van der Waals surface area (Å²) in [6.07, 6.45) is 0. The van der Waals surface area contributed by atoms with Crippen molar-refractivity contribution in [1.82, 2.24) is 0 Å². The summed E-state index contributed by atoms with van der Waals surface area (Å²) in [5.74, 6) is -0.321. The molecule has 0 amide bonds. The van der Waals surface area contributed by atoms with Crippen molar-refractivity contribution in [3.05, 3.63) is 119 Å². The van der Waals surface area contributed by atoms with Crippen molar-refractivity contribution in [2.45, 2.75) is 9.79 Å². The van der Waals surface area contributed by atoms with Gasteiger partial charge in [-0.1, -0.05) is 66.4 Å². The summed E-state index contributed by atoms with van der Waals surface area (Å²) in [5.41, 5.74) is 1.56. The second kappa shape index (κ2) is 10.5. The van der Waals surface area contributed by atoms with Gasteiger partial charge >= 0.3 is 5.97 Å². The molecular weight excluding hydrogens is 446 g/mol. The number of esters is 1. The van der Waals surface area contributed by atoms with Crippen LogP contribution in [0.5, 0.6) is 11.5 Å². The first-order chi connectivity index (χ1) is 16.6. The topological polar surface area (TPSA) is 76.4 Å². The number of hydrogen-bond acceptors (Lipinski definition) is 6. The number of hydrogen-bond donors (Lipinski definition) is 0. The monoisotopic (exact) mass is 465 g/mol. The molecule has 6 heteroatoms. The van der Waals surface area contributed by atoms with E-state index in [-0.39, 0.29) is 17.1 Å². The molecule has 0 aliphatic carbocycles. The van der Waals surface area contributed by atoms with Crippen LogP contribution < -0.4 is 9.47 Å². The van der Waals surface area contributed by atoms with E-state index in [1.54, 1.807) is 66.7 Å². The second-order valence-electron chi connectivity index (χ2n) is 7.15. The molecule has 34 heavy (non-hydrogen) atoms. The fourth-order valence-electron chi connectivity index (χ4n) is 3.29. The number of benzene rings is 4. The first kappa shape index (κ1) is 22.8. The molecule has 5 nitrogen and oxygen atoms in total. The van der Waals surface area contributed by atoms with Gasteiger partial charge in [-0.3, -0.25) is 4.79 Å². The van der Waals surface area contributed by atoms with Gasteiger partial charge in [0.1, 0.15) is 17.6 Å². The third-order valence-corrected chi connectivity index (χ3v) is 6.16. The van der Waals surface area contributed by atoms with Crippen LogP contribution in [0.25, 0.3) is 0 Å². The maximum absolute atomic E-state index is 13.2. The molecule has 4 aromatic carbocycles. The Labute approximate surface area is 201 Å². The molecule has 0 atom stereocenters. The number of methoxy groups -OCH3 is 1. The Morgan fingerprint density at radius 1 is 0.794 bits per heavy atom. The lowest BCUT2D eigenvalue weighted by Crippen LogP contribution is -2.13. The Morgan fingerprint density at radius 2 is 1.47 bits per heavy atom. The molecule has 4 rings (SSSR count). The molecule has 0 unspecified atom stereocenters. The smallest absolute Gasteiger partial charge is 0.344 e. The minimum Gasteiger partial charge on any atom is -0.497 e. The number of rotatable bonds is 7. The van der Waals surface area contributed by atoms with Crippen molar-refractivity contribution >= 4 is 23.5 Å². The summed E-state index contributed by atoms with van der Waals surface area (Å²) in [6, 6.07) is 29.9. The number of ketones is 1. The maximum Gasteiger partial charge on any atom is 0.344 e. The van der Waals surface area contributed by atoms with E-state index in [1.807, 2.05) is 24.3 Å². The molecule has 0 saturated heterocycles. The SMILES string of the molecule is COc1ccc(C(=O)c2ccccc2)c(OC(=O)c2ccccc2Sc2ccccc2C#N)c1. The van der Waals surface area contributed by atoms with Crippen LogP contribution in [-0.2, 0) is 0 Å². The van der Waals surface area contributed by atoms with E-state index < -0.39 is 5.97 Å². The Balaban J connectivity index is 1.67. The van der Waals surface area contributed by atoms with Crippen LogP contribution in [0.1, 0.15) is 31.8 Å². The largest absolute Gasteiger partial charge is 0.497 e. The number of carbonyl (C=O) groups is 2. The normalized spacial score (nSPS) is 10.2. The van der Waals surface area contributed by atoms with Crippen LogP contribution in [0.3, 0.4) is 0 Å². The number of ether oxygens (including phenoxy) is 2. The van der Waals surface area contributed by atoms with Gasteiger partial charge in [0.25, 0.3) is 0 Å². The molecule has 0 fully saturated rings. The van der Waals surface area contributed by atoms with E-state index >= 15 is 0 Å². The summed E-state index contributed by atoms with van der Waals surface area (Å²) in [7, 11) is 1.50. The van der Waals surface area contributed by atoms with Gasteiger partial charge in [0.2, 0.25) is 0 Å². The molecule has 0 radical (unpaired) electrons. The number of nitriles is 1. The third-order valence-electron chi connectivity index (χ3n) is 5.01. The van der Waals surface area contributed by atoms with Gasteiger partial charge in [0, 0.05) is 21.4 Å². The molecule has 0 aliphatic heterocycles. The van der Waals surface area contributed by atoms with Crippen LogP contribution in [-0.4, -0.2) is 18.9 Å². The minimum absolute atomic E-state index is 0.107. The maximum atomic E-state index is 13.2. The van der Waals surface area contributed by atoms with Crippen molar-refractivity contribution in [3.63, 3.8) is 0 Å². The van der Waals surface area contributed by atoms with Gasteiger partial charge in [-0.15, -0.1) is 0 Å². The summed E-state index contributed by atoms with van der Waals surface area (Å²) in [5, 5.41) is 9.40. The van der Waals surface area contributed by atoms with Gasteiger partial charge in [-0.2, -0.15) is 5.26 Å². The van der Waals surface area contributed by atoms with Crippen molar-refractivity contribution in [3.8, 4) is 17.6 Å². The highest BCUT2D eigenvalue weighted by Crippen LogP contribution is 2.34. The third kappa shape index (κ3) is 5.01. The van der Waals surface area contributed by atoms with Crippen molar-refractivity contribution in [1.29, 1.82) is 5.26 Å². The molecule has 0 spiro atoms. The van der Waals surface area contributed by atoms with E-state index in [2.05, 4.69) is 6.07 Å². The first-order valence-corrected chi connectivity index (χ1v) is 11.2. The summed E-state index contributed by atoms with van der Waals surface area (Å²) < 4.78 is 11.0. The first-order valence-electron chi connectivity index (χ1n) is 10.4. The zero-order valence-corrected chi connectivity index (χ0v) is 19.0. The van der Waals surface area contributed by atoms with E-state index in [1.165, 1.54) is 24.9 Å². The van der Waals surface area contributed by atoms with Crippen molar-refractivity contribution in [2.75, 3.05) is 7.11 Å². The van der Waals surface area contributed by atoms with Gasteiger partial charge in [0.05, 0.1) is 23.8 Å². The summed E-state index contributed by atoms with van der Waals surface area (Å²) in [4.78, 5) is 27.7. The molecule has 0 saturated carbocycles. The number of carbonyl (C=O) groups excluding carboxylic acids is 2. The Kier molecular flexibility index (Phi) is 7.07. The highest BCUT2D eigenvalue weighted by Gasteiger charge is 2.21. The summed E-state index contributed by atoms with van der Waals surface area (Å²) in [6.45, 7) is 0. The highest BCUT2D eigenvalue weighted by molar-refractivity contribution is 7.99. The van der Waals surface area contributed by atoms with Crippen LogP contribution in [0.4, 0.5) is 0 Å². The lowest BCUT2D eigenvalue weighted by atomic mass is 10.0. The standard InChI is InChI=1S/C28H19NO4S/c1-32-21-15-16-22(27(30)19-9-3-2-4-10-19)24(17-21)33-28(31)23-12-6-8-14-26(23)34-25-13-7-5-11-20(25)18-29/h2-17H,1H3. The van der Waals surface area contributed by atoms with Crippen LogP contribution >= 0.6 is 11.8 Å². The Hall–Kier alpha value is -4.34. The lowest BCUT2D eigenvalue weighted by Gasteiger charge is -2.13. The fourth-order valence-corrected chi connectivity index (χ4v) is 4.31. The lowest BCUT2D eigenvalue weighted by molar-refractivity contribution is 0.0729. The zero-order chi connectivity index (χ0) is 23.9. The van der Waals surface area contributed by atoms with Gasteiger partial charge in [0.15, 0.2) is 5.78 Å². The van der Waals surface area contributed by atoms with Gasteiger partial charge < -0.3 is 9.47 Å². The van der Waals surface area contributed by atoms with E-state index in [4.69, 9.17) is 9.47 Å². The Morgan fingerprint density at radius 3 is 2.21 bits per heavy atom. The van der Waals surface area contributed by atoms with Crippen molar-refractivity contribution in [2.24, 2.45) is 0 Å². The van der Waals surface area contributed by atoms with E-state index in [0.717, 1.165) is 4.90 Å². The molecule has 0 N–H and O–H groups in total. The Bertz CT molecular complexity index is 1390. The molecule has 4 aromatic rings. The summed E-state index contributed by atoms with van der Waals surface area (Å²) >= 11 is 1.30. The van der Waals surface area contributed by atoms with Crippen LogP contribution in [0.2, 0.25) is 0 Å². The average Bonchev–Trinajstić information content (AvgIpc) is 2.89. The molecule has 0 bridgehead atoms. The average molecular weight is 466 g/mol. The fraction of sp³-hybridized carbons (Fsp3) is 0.0357. The van der Waals surface area contributed by atoms with E-state index in [9.17, 15) is 14.9 Å². The van der Waals surface area contributed by atoms with Crippen molar-refractivity contribution < 1.29 is 19.1 Å². The number of nitrogens with zero attached hydrogens (tertiary/aromatic N) is 1. The quantitative estimate of drug-likeness (QED) is 0.185. The molecule has 0 aromatic heterocycles. The molecule has 166 valence electrons.